The molecule has 0 bridgehead atoms. The number of benzene rings is 2. The van der Waals surface area contributed by atoms with Gasteiger partial charge in [0.2, 0.25) is 0 Å². The van der Waals surface area contributed by atoms with Crippen molar-refractivity contribution in [3.8, 4) is 11.4 Å². The van der Waals surface area contributed by atoms with E-state index in [-0.39, 0.29) is 24.4 Å². The average molecular weight is 633 g/mol. The maximum Gasteiger partial charge on any atom is 0.323 e. The number of nitrogens with zero attached hydrogens (tertiary/aromatic N) is 1. The number of pyridine rings is 1. The summed E-state index contributed by atoms with van der Waals surface area (Å²) in [6.07, 6.45) is 6.24. The molecule has 0 aliphatic heterocycles. The number of halogens is 4. The normalized spacial score (nSPS) is 14.0. The first-order chi connectivity index (χ1) is 21.6. The molecule has 3 aromatic rings. The van der Waals surface area contributed by atoms with Crippen molar-refractivity contribution in [3.63, 3.8) is 0 Å². The highest BCUT2D eigenvalue weighted by atomic mass is 19.1. The molecule has 45 heavy (non-hydrogen) atoms. The number of nitrogens with one attached hydrogen (secondary N) is 1. The summed E-state index contributed by atoms with van der Waals surface area (Å²) in [4.78, 5) is 38.2. The molecule has 4 rings (SSSR count). The molecule has 0 unspecified atom stereocenters. The highest BCUT2D eigenvalue weighted by Gasteiger charge is 2.26. The lowest BCUT2D eigenvalue weighted by Gasteiger charge is -2.20. The summed E-state index contributed by atoms with van der Waals surface area (Å²) in [5, 5.41) is 3.17. The fraction of sp³-hybridized carbons (Fsp3) is 0.406. The molecule has 5 N–H and O–H groups in total. The molecule has 0 radical (unpaired) electrons. The third-order valence-electron chi connectivity index (χ3n) is 7.56. The van der Waals surface area contributed by atoms with Crippen molar-refractivity contribution in [2.45, 2.75) is 63.5 Å². The van der Waals surface area contributed by atoms with Gasteiger partial charge in [-0.2, -0.15) is 0 Å². The zero-order chi connectivity index (χ0) is 32.5. The quantitative estimate of drug-likeness (QED) is 0.0961. The third-order valence-corrected chi connectivity index (χ3v) is 7.56. The third kappa shape index (κ3) is 8.49. The molecule has 1 atom stereocenters. The number of hydrogen-bond acceptors (Lipinski definition) is 8. The minimum Gasteiger partial charge on any atom is -0.493 e. The molecule has 1 heterocycles. The molecule has 0 spiro atoms. The monoisotopic (exact) mass is 632 g/mol. The Morgan fingerprint density at radius 2 is 1.62 bits per heavy atom. The zero-order valence-electron chi connectivity index (χ0n) is 24.6. The Morgan fingerprint density at radius 3 is 2.29 bits per heavy atom. The van der Waals surface area contributed by atoms with E-state index in [0.29, 0.717) is 36.6 Å². The molecule has 2 aromatic carbocycles. The Labute approximate surface area is 257 Å². The van der Waals surface area contributed by atoms with Crippen LogP contribution in [0.5, 0.6) is 5.75 Å². The molecule has 0 amide bonds. The Kier molecular flexibility index (Phi) is 11.7. The largest absolute Gasteiger partial charge is 0.493 e. The first kappa shape index (κ1) is 33.7. The SMILES string of the molecule is NCCCC[C@H](NCCCOc1cc(F)c(-n2c(N)c(C(=O)c3ccc(F)cc3F)ccc2=O)c(F)c1)C(=O)OC1CCCC1. The van der Waals surface area contributed by atoms with Gasteiger partial charge < -0.3 is 26.3 Å². The van der Waals surface area contributed by atoms with Gasteiger partial charge in [0.05, 0.1) is 17.7 Å². The van der Waals surface area contributed by atoms with Crippen LogP contribution in [0.3, 0.4) is 0 Å². The number of hydrogen-bond donors (Lipinski definition) is 3. The molecule has 1 aromatic heterocycles. The van der Waals surface area contributed by atoms with Crippen molar-refractivity contribution in [3.05, 3.63) is 87.2 Å². The molecule has 1 saturated carbocycles. The van der Waals surface area contributed by atoms with Gasteiger partial charge in [-0.3, -0.25) is 19.0 Å². The highest BCUT2D eigenvalue weighted by Crippen LogP contribution is 2.27. The lowest BCUT2D eigenvalue weighted by atomic mass is 10.0. The number of nitrogen functional groups attached to an aromatic ring is 1. The van der Waals surface area contributed by atoms with E-state index in [2.05, 4.69) is 5.32 Å². The average Bonchev–Trinajstić information content (AvgIpc) is 3.50. The summed E-state index contributed by atoms with van der Waals surface area (Å²) in [5.41, 5.74) is 8.80. The Balaban J connectivity index is 1.41. The smallest absolute Gasteiger partial charge is 0.323 e. The molecule has 1 aliphatic carbocycles. The number of carbonyl (C=O) groups excluding carboxylic acids is 2. The van der Waals surface area contributed by atoms with E-state index in [1.165, 1.54) is 0 Å². The molecule has 9 nitrogen and oxygen atoms in total. The number of unbranched alkanes of at least 4 members (excludes halogenated alkanes) is 1. The van der Waals surface area contributed by atoms with Crippen LogP contribution in [0.15, 0.2) is 47.3 Å². The lowest BCUT2D eigenvalue weighted by molar-refractivity contribution is -0.151. The fourth-order valence-corrected chi connectivity index (χ4v) is 5.22. The van der Waals surface area contributed by atoms with E-state index in [4.69, 9.17) is 20.9 Å². The van der Waals surface area contributed by atoms with Gasteiger partial charge in [-0.15, -0.1) is 0 Å². The fourth-order valence-electron chi connectivity index (χ4n) is 5.22. The number of carbonyl (C=O) groups is 2. The molecular weight excluding hydrogens is 596 g/mol. The van der Waals surface area contributed by atoms with Gasteiger partial charge in [0, 0.05) is 24.3 Å². The topological polar surface area (TPSA) is 139 Å². The van der Waals surface area contributed by atoms with Crippen LogP contribution in [0.4, 0.5) is 23.4 Å². The molecule has 1 aliphatic rings. The van der Waals surface area contributed by atoms with Gasteiger partial charge >= 0.3 is 5.97 Å². The highest BCUT2D eigenvalue weighted by molar-refractivity contribution is 6.11. The standard InChI is InChI=1S/C32H36F4N4O5/c33-19-9-10-22(24(34)16-19)30(42)23-11-12-28(41)40(31(23)38)29-25(35)17-21(18-26(29)36)44-15-5-14-39-27(8-3-4-13-37)32(43)45-20-6-1-2-7-20/h9-12,16-18,20,27,39H,1-8,13-15,37-38H2/t27-/m0/s1. The summed E-state index contributed by atoms with van der Waals surface area (Å²) in [7, 11) is 0. The first-order valence-corrected chi connectivity index (χ1v) is 14.9. The van der Waals surface area contributed by atoms with Crippen molar-refractivity contribution in [1.82, 2.24) is 9.88 Å². The van der Waals surface area contributed by atoms with Crippen LogP contribution in [-0.4, -0.2) is 48.2 Å². The van der Waals surface area contributed by atoms with Gasteiger partial charge in [-0.1, -0.05) is 6.42 Å². The maximum absolute atomic E-state index is 15.2. The summed E-state index contributed by atoms with van der Waals surface area (Å²) < 4.78 is 69.6. The molecule has 1 fully saturated rings. The predicted octanol–water partition coefficient (Wildman–Crippen LogP) is 4.55. The van der Waals surface area contributed by atoms with E-state index in [0.717, 1.165) is 74.9 Å². The van der Waals surface area contributed by atoms with Crippen LogP contribution in [0.2, 0.25) is 0 Å². The van der Waals surface area contributed by atoms with Crippen molar-refractivity contribution < 1.29 is 36.6 Å². The minimum absolute atomic E-state index is 0.0493. The number of nitrogens with two attached hydrogens (primary N) is 2. The van der Waals surface area contributed by atoms with Crippen LogP contribution < -0.4 is 27.1 Å². The van der Waals surface area contributed by atoms with Crippen LogP contribution in [-0.2, 0) is 9.53 Å². The van der Waals surface area contributed by atoms with E-state index in [1.807, 2.05) is 0 Å². The van der Waals surface area contributed by atoms with Crippen LogP contribution in [0, 0.1) is 23.3 Å². The Bertz CT molecular complexity index is 1550. The number of anilines is 1. The number of ketones is 1. The number of esters is 1. The zero-order valence-corrected chi connectivity index (χ0v) is 24.6. The van der Waals surface area contributed by atoms with Crippen molar-refractivity contribution >= 4 is 17.6 Å². The van der Waals surface area contributed by atoms with Crippen molar-refractivity contribution in [1.29, 1.82) is 0 Å². The van der Waals surface area contributed by atoms with E-state index in [9.17, 15) is 23.2 Å². The molecular formula is C32H36F4N4O5. The van der Waals surface area contributed by atoms with Gasteiger partial charge in [0.1, 0.15) is 41.0 Å². The lowest BCUT2D eigenvalue weighted by Crippen LogP contribution is -2.40. The van der Waals surface area contributed by atoms with Crippen LogP contribution in [0.25, 0.3) is 5.69 Å². The van der Waals surface area contributed by atoms with E-state index < -0.39 is 63.3 Å². The summed E-state index contributed by atoms with van der Waals surface area (Å²) in [5.74, 6) is -6.61. The van der Waals surface area contributed by atoms with Crippen molar-refractivity contribution in [2.75, 3.05) is 25.4 Å². The van der Waals surface area contributed by atoms with Gasteiger partial charge in [0.25, 0.3) is 5.56 Å². The van der Waals surface area contributed by atoms with E-state index in [1.54, 1.807) is 0 Å². The predicted molar refractivity (Wildman–Crippen MR) is 159 cm³/mol. The molecule has 242 valence electrons. The summed E-state index contributed by atoms with van der Waals surface area (Å²) >= 11 is 0. The summed E-state index contributed by atoms with van der Waals surface area (Å²) in [6.45, 7) is 0.941. The maximum atomic E-state index is 15.2. The van der Waals surface area contributed by atoms with E-state index >= 15 is 8.78 Å². The molecule has 0 saturated heterocycles. The van der Waals surface area contributed by atoms with Crippen LogP contribution in [0.1, 0.15) is 67.3 Å². The minimum atomic E-state index is -1.20. The van der Waals surface area contributed by atoms with Crippen molar-refractivity contribution in [2.24, 2.45) is 5.73 Å². The van der Waals surface area contributed by atoms with Crippen LogP contribution >= 0.6 is 0 Å². The van der Waals surface area contributed by atoms with Gasteiger partial charge in [0.15, 0.2) is 17.4 Å². The second kappa shape index (κ2) is 15.7. The Hall–Kier alpha value is -4.23. The second-order valence-corrected chi connectivity index (χ2v) is 10.8. The van der Waals surface area contributed by atoms with Gasteiger partial charge in [-0.25, -0.2) is 17.6 Å². The number of rotatable bonds is 15. The first-order valence-electron chi connectivity index (χ1n) is 14.9. The number of ether oxygens (including phenoxy) is 2. The number of aromatic nitrogens is 1. The second-order valence-electron chi connectivity index (χ2n) is 10.8. The van der Waals surface area contributed by atoms with Gasteiger partial charge in [-0.05, 0) is 76.2 Å². The molecule has 13 heteroatoms. The Morgan fingerprint density at radius 1 is 0.933 bits per heavy atom. The summed E-state index contributed by atoms with van der Waals surface area (Å²) in [6, 6.07) is 5.34.